The summed E-state index contributed by atoms with van der Waals surface area (Å²) in [5.41, 5.74) is 3.35. The normalized spacial score (nSPS) is 18.1. The maximum absolute atomic E-state index is 5.31. The Morgan fingerprint density at radius 2 is 1.68 bits per heavy atom. The molecule has 0 radical (unpaired) electrons. The standard InChI is InChI=1S/C15H13N3S/c1-11-7-5-6-10-13(11)14-16-17-15(19)18(14)12-8-3-2-4-9-12/h2-10,14H,1H3. The number of nitrogens with zero attached hydrogens (tertiary/aromatic N) is 3. The Kier molecular flexibility index (Phi) is 3.09. The summed E-state index contributed by atoms with van der Waals surface area (Å²) in [7, 11) is 0. The molecule has 1 unspecified atom stereocenters. The number of azo groups is 1. The molecule has 1 aliphatic rings. The van der Waals surface area contributed by atoms with Gasteiger partial charge in [-0.2, -0.15) is 5.11 Å². The van der Waals surface area contributed by atoms with Gasteiger partial charge in [0.05, 0.1) is 0 Å². The SMILES string of the molecule is Cc1ccccc1C1N=NC(=S)N1c1ccccc1. The smallest absolute Gasteiger partial charge is 0.222 e. The van der Waals surface area contributed by atoms with Crippen molar-refractivity contribution in [2.45, 2.75) is 13.1 Å². The number of rotatable bonds is 2. The number of hydrogen-bond donors (Lipinski definition) is 0. The van der Waals surface area contributed by atoms with Crippen LogP contribution in [0.25, 0.3) is 0 Å². The second kappa shape index (κ2) is 4.90. The van der Waals surface area contributed by atoms with Gasteiger partial charge in [-0.05, 0) is 36.8 Å². The lowest BCUT2D eigenvalue weighted by molar-refractivity contribution is 0.759. The highest BCUT2D eigenvalue weighted by Gasteiger charge is 2.29. The summed E-state index contributed by atoms with van der Waals surface area (Å²) >= 11 is 5.31. The second-order valence-corrected chi connectivity index (χ2v) is 4.80. The van der Waals surface area contributed by atoms with E-state index in [1.54, 1.807) is 0 Å². The largest absolute Gasteiger partial charge is 0.287 e. The molecule has 0 fully saturated rings. The van der Waals surface area contributed by atoms with Crippen molar-refractivity contribution < 1.29 is 0 Å². The molecule has 1 aliphatic heterocycles. The van der Waals surface area contributed by atoms with E-state index in [1.165, 1.54) is 5.56 Å². The maximum Gasteiger partial charge on any atom is 0.222 e. The predicted octanol–water partition coefficient (Wildman–Crippen LogP) is 4.25. The van der Waals surface area contributed by atoms with Crippen LogP contribution in [0.4, 0.5) is 5.69 Å². The summed E-state index contributed by atoms with van der Waals surface area (Å²) in [6.45, 7) is 2.08. The molecular weight excluding hydrogens is 254 g/mol. The lowest BCUT2D eigenvalue weighted by Crippen LogP contribution is -2.27. The third-order valence-corrected chi connectivity index (χ3v) is 3.48. The zero-order valence-electron chi connectivity index (χ0n) is 10.5. The molecule has 0 amide bonds. The van der Waals surface area contributed by atoms with Crippen LogP contribution in [-0.4, -0.2) is 5.11 Å². The number of aryl methyl sites for hydroxylation is 1. The minimum Gasteiger partial charge on any atom is -0.287 e. The third-order valence-electron chi connectivity index (χ3n) is 3.20. The summed E-state index contributed by atoms with van der Waals surface area (Å²) in [5.74, 6) is 0. The van der Waals surface area contributed by atoms with Crippen LogP contribution in [0.3, 0.4) is 0 Å². The average molecular weight is 267 g/mol. The first-order chi connectivity index (χ1) is 9.27. The number of thiocarbonyl (C=S) groups is 1. The van der Waals surface area contributed by atoms with E-state index in [0.717, 1.165) is 11.3 Å². The zero-order valence-corrected chi connectivity index (χ0v) is 11.3. The molecule has 1 heterocycles. The van der Waals surface area contributed by atoms with Crippen LogP contribution in [0.15, 0.2) is 64.8 Å². The summed E-state index contributed by atoms with van der Waals surface area (Å²) in [4.78, 5) is 1.98. The lowest BCUT2D eigenvalue weighted by atomic mass is 10.1. The Balaban J connectivity index is 2.04. The highest BCUT2D eigenvalue weighted by molar-refractivity contribution is 7.80. The monoisotopic (exact) mass is 267 g/mol. The lowest BCUT2D eigenvalue weighted by Gasteiger charge is -2.24. The minimum atomic E-state index is -0.156. The van der Waals surface area contributed by atoms with Crippen molar-refractivity contribution in [3.05, 3.63) is 65.7 Å². The first kappa shape index (κ1) is 12.0. The highest BCUT2D eigenvalue weighted by Crippen LogP contribution is 2.34. The van der Waals surface area contributed by atoms with Gasteiger partial charge in [0.2, 0.25) is 5.11 Å². The molecule has 2 aromatic rings. The molecule has 3 nitrogen and oxygen atoms in total. The van der Waals surface area contributed by atoms with E-state index < -0.39 is 0 Å². The Bertz CT molecular complexity index is 637. The zero-order chi connectivity index (χ0) is 13.2. The van der Waals surface area contributed by atoms with E-state index in [1.807, 2.05) is 47.4 Å². The summed E-state index contributed by atoms with van der Waals surface area (Å²) in [6, 6.07) is 18.2. The fourth-order valence-electron chi connectivity index (χ4n) is 2.23. The van der Waals surface area contributed by atoms with Crippen LogP contribution in [0.5, 0.6) is 0 Å². The highest BCUT2D eigenvalue weighted by atomic mass is 32.1. The molecular formula is C15H13N3S. The van der Waals surface area contributed by atoms with Gasteiger partial charge in [0.1, 0.15) is 0 Å². The fraction of sp³-hybridized carbons (Fsp3) is 0.133. The van der Waals surface area contributed by atoms with Gasteiger partial charge in [-0.25, -0.2) is 0 Å². The third kappa shape index (κ3) is 2.15. The molecule has 0 aromatic heterocycles. The molecule has 3 rings (SSSR count). The van der Waals surface area contributed by atoms with Gasteiger partial charge in [-0.1, -0.05) is 42.5 Å². The van der Waals surface area contributed by atoms with Crippen molar-refractivity contribution >= 4 is 23.0 Å². The van der Waals surface area contributed by atoms with E-state index in [4.69, 9.17) is 12.2 Å². The summed E-state index contributed by atoms with van der Waals surface area (Å²) in [6.07, 6.45) is -0.156. The van der Waals surface area contributed by atoms with Gasteiger partial charge in [0, 0.05) is 11.3 Å². The number of benzene rings is 2. The molecule has 0 saturated heterocycles. The molecule has 1 atom stereocenters. The molecule has 2 aromatic carbocycles. The van der Waals surface area contributed by atoms with Gasteiger partial charge in [0.25, 0.3) is 0 Å². The van der Waals surface area contributed by atoms with Gasteiger partial charge < -0.3 is 0 Å². The van der Waals surface area contributed by atoms with E-state index in [-0.39, 0.29) is 6.17 Å². The summed E-state index contributed by atoms with van der Waals surface area (Å²) < 4.78 is 0. The molecule has 19 heavy (non-hydrogen) atoms. The van der Waals surface area contributed by atoms with E-state index in [2.05, 4.69) is 29.3 Å². The Morgan fingerprint density at radius 1 is 1.00 bits per heavy atom. The molecule has 4 heteroatoms. The van der Waals surface area contributed by atoms with Crippen molar-refractivity contribution in [3.8, 4) is 0 Å². The van der Waals surface area contributed by atoms with Crippen LogP contribution in [0, 0.1) is 6.92 Å². The maximum atomic E-state index is 5.31. The van der Waals surface area contributed by atoms with Crippen molar-refractivity contribution in [1.29, 1.82) is 0 Å². The first-order valence-electron chi connectivity index (χ1n) is 6.12. The molecule has 0 N–H and O–H groups in total. The Hall–Kier alpha value is -2.07. The second-order valence-electron chi connectivity index (χ2n) is 4.43. The van der Waals surface area contributed by atoms with E-state index >= 15 is 0 Å². The molecule has 0 bridgehead atoms. The molecule has 0 aliphatic carbocycles. The average Bonchev–Trinajstić information content (AvgIpc) is 2.82. The molecule has 0 spiro atoms. The molecule has 94 valence electrons. The molecule has 0 saturated carbocycles. The van der Waals surface area contributed by atoms with Crippen molar-refractivity contribution in [2.75, 3.05) is 4.90 Å². The first-order valence-corrected chi connectivity index (χ1v) is 6.53. The number of anilines is 1. The fourth-order valence-corrected chi connectivity index (χ4v) is 2.48. The van der Waals surface area contributed by atoms with Crippen molar-refractivity contribution in [2.24, 2.45) is 10.2 Å². The van der Waals surface area contributed by atoms with Gasteiger partial charge in [-0.15, -0.1) is 5.11 Å². The van der Waals surface area contributed by atoms with Crippen molar-refractivity contribution in [3.63, 3.8) is 0 Å². The van der Waals surface area contributed by atoms with E-state index in [0.29, 0.717) is 5.11 Å². The van der Waals surface area contributed by atoms with Crippen LogP contribution in [-0.2, 0) is 0 Å². The van der Waals surface area contributed by atoms with Gasteiger partial charge in [0.15, 0.2) is 6.17 Å². The van der Waals surface area contributed by atoms with Gasteiger partial charge >= 0.3 is 0 Å². The van der Waals surface area contributed by atoms with Crippen LogP contribution in [0.2, 0.25) is 0 Å². The minimum absolute atomic E-state index is 0.156. The van der Waals surface area contributed by atoms with Crippen LogP contribution < -0.4 is 4.90 Å². The summed E-state index contributed by atoms with van der Waals surface area (Å²) in [5, 5.41) is 8.90. The number of para-hydroxylation sites is 1. The Morgan fingerprint density at radius 3 is 2.42 bits per heavy atom. The topological polar surface area (TPSA) is 28.0 Å². The van der Waals surface area contributed by atoms with Crippen LogP contribution >= 0.6 is 12.2 Å². The Labute approximate surface area is 117 Å². The van der Waals surface area contributed by atoms with Gasteiger partial charge in [-0.3, -0.25) is 4.90 Å². The predicted molar refractivity (Wildman–Crippen MR) is 80.3 cm³/mol. The van der Waals surface area contributed by atoms with Crippen LogP contribution in [0.1, 0.15) is 17.3 Å². The van der Waals surface area contributed by atoms with Crippen molar-refractivity contribution in [1.82, 2.24) is 0 Å². The van der Waals surface area contributed by atoms with E-state index in [9.17, 15) is 0 Å². The number of hydrogen-bond acceptors (Lipinski definition) is 2. The quantitative estimate of drug-likeness (QED) is 0.761.